The molecule has 0 spiro atoms. The molecule has 4 aromatic rings. The fourth-order valence-electron chi connectivity index (χ4n) is 4.11. The first-order valence-corrected chi connectivity index (χ1v) is 9.86. The van der Waals surface area contributed by atoms with Gasteiger partial charge < -0.3 is 5.32 Å². The van der Waals surface area contributed by atoms with E-state index in [0.29, 0.717) is 0 Å². The van der Waals surface area contributed by atoms with Crippen LogP contribution in [0.3, 0.4) is 0 Å². The SMILES string of the molecule is CCNc1ccc(C(c2ccccc2)(c2ccccc2)c2ccccc2)cc1. The summed E-state index contributed by atoms with van der Waals surface area (Å²) in [6, 6.07) is 41.3. The van der Waals surface area contributed by atoms with E-state index in [1.54, 1.807) is 0 Å². The summed E-state index contributed by atoms with van der Waals surface area (Å²) in [5, 5.41) is 3.41. The highest BCUT2D eigenvalue weighted by atomic mass is 14.8. The molecule has 4 aromatic carbocycles. The van der Waals surface area contributed by atoms with E-state index in [4.69, 9.17) is 0 Å². The average Bonchev–Trinajstić information content (AvgIpc) is 2.78. The molecule has 0 amide bonds. The zero-order valence-corrected chi connectivity index (χ0v) is 16.2. The molecular formula is C27H25N. The summed E-state index contributed by atoms with van der Waals surface area (Å²) in [5.41, 5.74) is 5.84. The summed E-state index contributed by atoms with van der Waals surface area (Å²) in [6.07, 6.45) is 0. The van der Waals surface area contributed by atoms with Crippen molar-refractivity contribution in [3.63, 3.8) is 0 Å². The van der Waals surface area contributed by atoms with Crippen molar-refractivity contribution in [2.75, 3.05) is 11.9 Å². The first-order chi connectivity index (χ1) is 13.9. The third-order valence-electron chi connectivity index (χ3n) is 5.32. The molecule has 0 radical (unpaired) electrons. The molecule has 0 aliphatic heterocycles. The zero-order valence-electron chi connectivity index (χ0n) is 16.2. The molecular weight excluding hydrogens is 338 g/mol. The van der Waals surface area contributed by atoms with E-state index in [2.05, 4.69) is 128 Å². The molecule has 1 nitrogen and oxygen atoms in total. The Bertz CT molecular complexity index is 894. The van der Waals surface area contributed by atoms with Gasteiger partial charge in [-0.2, -0.15) is 0 Å². The summed E-state index contributed by atoms with van der Waals surface area (Å²) in [6.45, 7) is 3.04. The van der Waals surface area contributed by atoms with Crippen LogP contribution in [0.2, 0.25) is 0 Å². The molecule has 1 N–H and O–H groups in total. The topological polar surface area (TPSA) is 12.0 Å². The third kappa shape index (κ3) is 3.20. The minimum Gasteiger partial charge on any atom is -0.385 e. The van der Waals surface area contributed by atoms with Crippen molar-refractivity contribution in [3.8, 4) is 0 Å². The zero-order chi connectivity index (χ0) is 19.2. The molecule has 0 saturated heterocycles. The second-order valence-electron chi connectivity index (χ2n) is 6.96. The fourth-order valence-corrected chi connectivity index (χ4v) is 4.11. The normalized spacial score (nSPS) is 11.2. The molecule has 1 heteroatoms. The summed E-state index contributed by atoms with van der Waals surface area (Å²) < 4.78 is 0. The molecule has 0 aliphatic rings. The summed E-state index contributed by atoms with van der Waals surface area (Å²) in [4.78, 5) is 0. The lowest BCUT2D eigenvalue weighted by Crippen LogP contribution is -2.30. The maximum atomic E-state index is 3.41. The van der Waals surface area contributed by atoms with Crippen LogP contribution in [-0.2, 0) is 5.41 Å². The van der Waals surface area contributed by atoms with E-state index in [0.717, 1.165) is 12.2 Å². The molecule has 4 rings (SSSR count). The smallest absolute Gasteiger partial charge is 0.0701 e. The largest absolute Gasteiger partial charge is 0.385 e. The standard InChI is InChI=1S/C27H25N/c1-2-28-26-20-18-25(19-21-26)27(22-12-6-3-7-13-22,23-14-8-4-9-15-23)24-16-10-5-11-17-24/h3-21,28H,2H2,1H3. The number of hydrogen-bond acceptors (Lipinski definition) is 1. The number of anilines is 1. The van der Waals surface area contributed by atoms with E-state index in [1.807, 2.05) is 0 Å². The van der Waals surface area contributed by atoms with Gasteiger partial charge in [0, 0.05) is 12.2 Å². The number of rotatable bonds is 6. The predicted octanol–water partition coefficient (Wildman–Crippen LogP) is 6.50. The van der Waals surface area contributed by atoms with Crippen LogP contribution in [0.4, 0.5) is 5.69 Å². The molecule has 0 aliphatic carbocycles. The van der Waals surface area contributed by atoms with E-state index in [9.17, 15) is 0 Å². The summed E-state index contributed by atoms with van der Waals surface area (Å²) >= 11 is 0. The van der Waals surface area contributed by atoms with Crippen molar-refractivity contribution in [2.24, 2.45) is 0 Å². The fraction of sp³-hybridized carbons (Fsp3) is 0.111. The average molecular weight is 364 g/mol. The number of hydrogen-bond donors (Lipinski definition) is 1. The van der Waals surface area contributed by atoms with Gasteiger partial charge in [0.25, 0.3) is 0 Å². The molecule has 0 heterocycles. The van der Waals surface area contributed by atoms with Crippen molar-refractivity contribution < 1.29 is 0 Å². The van der Waals surface area contributed by atoms with Crippen LogP contribution in [0.1, 0.15) is 29.2 Å². The molecule has 0 fully saturated rings. The molecule has 0 bridgehead atoms. The van der Waals surface area contributed by atoms with E-state index < -0.39 is 0 Å². The van der Waals surface area contributed by atoms with Crippen molar-refractivity contribution in [2.45, 2.75) is 12.3 Å². The molecule has 0 saturated carbocycles. The van der Waals surface area contributed by atoms with Crippen LogP contribution in [0.15, 0.2) is 115 Å². The van der Waals surface area contributed by atoms with Crippen LogP contribution in [-0.4, -0.2) is 6.54 Å². The van der Waals surface area contributed by atoms with Gasteiger partial charge >= 0.3 is 0 Å². The van der Waals surface area contributed by atoms with Crippen LogP contribution in [0.5, 0.6) is 0 Å². The Labute approximate surface area is 167 Å². The van der Waals surface area contributed by atoms with Gasteiger partial charge in [0.2, 0.25) is 0 Å². The quantitative estimate of drug-likeness (QED) is 0.385. The highest BCUT2D eigenvalue weighted by molar-refractivity contribution is 5.61. The summed E-state index contributed by atoms with van der Waals surface area (Å²) in [5.74, 6) is 0. The van der Waals surface area contributed by atoms with Gasteiger partial charge in [-0.15, -0.1) is 0 Å². The minimum atomic E-state index is -0.367. The monoisotopic (exact) mass is 363 g/mol. The highest BCUT2D eigenvalue weighted by Crippen LogP contribution is 2.45. The lowest BCUT2D eigenvalue weighted by molar-refractivity contribution is 0.745. The molecule has 138 valence electrons. The Morgan fingerprint density at radius 2 is 0.857 bits per heavy atom. The predicted molar refractivity (Wildman–Crippen MR) is 119 cm³/mol. The first-order valence-electron chi connectivity index (χ1n) is 9.86. The molecule has 0 unspecified atom stereocenters. The van der Waals surface area contributed by atoms with E-state index in [1.165, 1.54) is 22.3 Å². The first kappa shape index (κ1) is 18.1. The summed E-state index contributed by atoms with van der Waals surface area (Å²) in [7, 11) is 0. The van der Waals surface area contributed by atoms with E-state index in [-0.39, 0.29) is 5.41 Å². The van der Waals surface area contributed by atoms with Crippen LogP contribution >= 0.6 is 0 Å². The maximum absolute atomic E-state index is 3.41. The molecule has 0 aromatic heterocycles. The second-order valence-corrected chi connectivity index (χ2v) is 6.96. The van der Waals surface area contributed by atoms with Crippen LogP contribution < -0.4 is 5.32 Å². The number of benzene rings is 4. The second kappa shape index (κ2) is 8.14. The van der Waals surface area contributed by atoms with Gasteiger partial charge in [0.05, 0.1) is 5.41 Å². The van der Waals surface area contributed by atoms with Crippen molar-refractivity contribution >= 4 is 5.69 Å². The van der Waals surface area contributed by atoms with Gasteiger partial charge in [-0.3, -0.25) is 0 Å². The van der Waals surface area contributed by atoms with Crippen molar-refractivity contribution in [1.29, 1.82) is 0 Å². The van der Waals surface area contributed by atoms with Gasteiger partial charge in [-0.05, 0) is 41.3 Å². The maximum Gasteiger partial charge on any atom is 0.0701 e. The van der Waals surface area contributed by atoms with Crippen molar-refractivity contribution in [1.82, 2.24) is 0 Å². The third-order valence-corrected chi connectivity index (χ3v) is 5.32. The Morgan fingerprint density at radius 3 is 1.21 bits per heavy atom. The highest BCUT2D eigenvalue weighted by Gasteiger charge is 2.37. The minimum absolute atomic E-state index is 0.367. The lowest BCUT2D eigenvalue weighted by atomic mass is 9.65. The van der Waals surface area contributed by atoms with Gasteiger partial charge in [0.1, 0.15) is 0 Å². The molecule has 0 atom stereocenters. The lowest BCUT2D eigenvalue weighted by Gasteiger charge is -2.37. The van der Waals surface area contributed by atoms with Crippen LogP contribution in [0.25, 0.3) is 0 Å². The molecule has 28 heavy (non-hydrogen) atoms. The van der Waals surface area contributed by atoms with Gasteiger partial charge in [0.15, 0.2) is 0 Å². The van der Waals surface area contributed by atoms with Crippen molar-refractivity contribution in [3.05, 3.63) is 138 Å². The Kier molecular flexibility index (Phi) is 5.25. The Hall–Kier alpha value is -3.32. The van der Waals surface area contributed by atoms with Crippen LogP contribution in [0, 0.1) is 0 Å². The Balaban J connectivity index is 2.04. The van der Waals surface area contributed by atoms with Gasteiger partial charge in [-0.25, -0.2) is 0 Å². The van der Waals surface area contributed by atoms with Gasteiger partial charge in [-0.1, -0.05) is 103 Å². The van der Waals surface area contributed by atoms with E-state index >= 15 is 0 Å². The number of nitrogens with one attached hydrogen (secondary N) is 1. The Morgan fingerprint density at radius 1 is 0.500 bits per heavy atom.